The molecule has 0 radical (unpaired) electrons. The monoisotopic (exact) mass is 490 g/mol. The molecule has 0 amide bonds. The lowest BCUT2D eigenvalue weighted by Gasteiger charge is -2.12. The van der Waals surface area contributed by atoms with Crippen LogP contribution in [0.15, 0.2) is 91.5 Å². The molecule has 0 aromatic heterocycles. The molecule has 0 fully saturated rings. The number of aliphatic hydroxyl groups is 1. The molecule has 0 aliphatic carbocycles. The van der Waals surface area contributed by atoms with Crippen molar-refractivity contribution in [2.45, 2.75) is 19.6 Å². The first kappa shape index (κ1) is 25.1. The SMILES string of the molecule is C=CCOc1ccc(OCc2ccc(-c3ccc(-c4ccc(C(C)O)cc4)c(F)c3F)cc2)cc1F. The van der Waals surface area contributed by atoms with Crippen LogP contribution >= 0.6 is 0 Å². The quantitative estimate of drug-likeness (QED) is 0.245. The van der Waals surface area contributed by atoms with E-state index < -0.39 is 23.6 Å². The number of halogens is 3. The third-order valence-electron chi connectivity index (χ3n) is 5.72. The van der Waals surface area contributed by atoms with Gasteiger partial charge in [0.05, 0.1) is 6.10 Å². The summed E-state index contributed by atoms with van der Waals surface area (Å²) in [7, 11) is 0. The van der Waals surface area contributed by atoms with E-state index in [1.807, 2.05) is 0 Å². The predicted molar refractivity (Wildman–Crippen MR) is 134 cm³/mol. The number of rotatable bonds is 9. The van der Waals surface area contributed by atoms with E-state index in [9.17, 15) is 18.3 Å². The highest BCUT2D eigenvalue weighted by atomic mass is 19.2. The van der Waals surface area contributed by atoms with Gasteiger partial charge in [0.25, 0.3) is 0 Å². The zero-order valence-corrected chi connectivity index (χ0v) is 19.7. The summed E-state index contributed by atoms with van der Waals surface area (Å²) in [5, 5.41) is 9.64. The molecule has 4 aromatic carbocycles. The van der Waals surface area contributed by atoms with Gasteiger partial charge in [-0.15, -0.1) is 0 Å². The van der Waals surface area contributed by atoms with Crippen LogP contribution in [0.4, 0.5) is 13.2 Å². The minimum Gasteiger partial charge on any atom is -0.489 e. The summed E-state index contributed by atoms with van der Waals surface area (Å²) in [5.41, 5.74) is 2.79. The molecule has 4 aromatic rings. The molecule has 0 heterocycles. The normalized spacial score (nSPS) is 11.7. The van der Waals surface area contributed by atoms with Gasteiger partial charge in [0, 0.05) is 17.2 Å². The van der Waals surface area contributed by atoms with Crippen molar-refractivity contribution in [1.82, 2.24) is 0 Å². The first-order valence-corrected chi connectivity index (χ1v) is 11.4. The van der Waals surface area contributed by atoms with Gasteiger partial charge >= 0.3 is 0 Å². The Balaban J connectivity index is 1.46. The van der Waals surface area contributed by atoms with Gasteiger partial charge in [0.2, 0.25) is 0 Å². The molecule has 0 bridgehead atoms. The van der Waals surface area contributed by atoms with Gasteiger partial charge in [-0.1, -0.05) is 73.3 Å². The maximum atomic E-state index is 15.0. The van der Waals surface area contributed by atoms with Crippen molar-refractivity contribution in [2.24, 2.45) is 0 Å². The largest absolute Gasteiger partial charge is 0.489 e. The van der Waals surface area contributed by atoms with Crippen molar-refractivity contribution in [3.8, 4) is 33.8 Å². The molecule has 0 spiro atoms. The Morgan fingerprint density at radius 3 is 1.92 bits per heavy atom. The molecule has 184 valence electrons. The van der Waals surface area contributed by atoms with Gasteiger partial charge in [-0.2, -0.15) is 0 Å². The number of hydrogen-bond acceptors (Lipinski definition) is 3. The molecule has 0 aliphatic heterocycles. The molecule has 0 aliphatic rings. The Hall–Kier alpha value is -4.03. The van der Waals surface area contributed by atoms with Crippen molar-refractivity contribution in [3.05, 3.63) is 120 Å². The highest BCUT2D eigenvalue weighted by molar-refractivity contribution is 5.72. The van der Waals surface area contributed by atoms with Crippen LogP contribution in [0.1, 0.15) is 24.2 Å². The van der Waals surface area contributed by atoms with Crippen molar-refractivity contribution in [2.75, 3.05) is 6.61 Å². The standard InChI is InChI=1S/C30H25F3O3/c1-3-16-35-28-15-12-24(17-27(28)31)36-18-20-4-6-22(7-5-20)25-13-14-26(30(33)29(25)32)23-10-8-21(9-11-23)19(2)34/h3-15,17,19,34H,1,16,18H2,2H3. The number of ether oxygens (including phenoxy) is 2. The minimum atomic E-state index is -0.939. The second kappa shape index (κ2) is 11.1. The highest BCUT2D eigenvalue weighted by Gasteiger charge is 2.16. The third-order valence-corrected chi connectivity index (χ3v) is 5.72. The molecular weight excluding hydrogens is 465 g/mol. The molecule has 3 nitrogen and oxygen atoms in total. The van der Waals surface area contributed by atoms with E-state index in [0.29, 0.717) is 22.4 Å². The van der Waals surface area contributed by atoms with Crippen molar-refractivity contribution < 1.29 is 27.8 Å². The Kier molecular flexibility index (Phi) is 7.76. The van der Waals surface area contributed by atoms with Crippen LogP contribution in [0.2, 0.25) is 0 Å². The second-order valence-electron chi connectivity index (χ2n) is 8.26. The molecule has 0 saturated heterocycles. The van der Waals surface area contributed by atoms with Crippen LogP contribution in [0.3, 0.4) is 0 Å². The molecule has 0 saturated carbocycles. The lowest BCUT2D eigenvalue weighted by molar-refractivity contribution is 0.199. The Morgan fingerprint density at radius 2 is 1.39 bits per heavy atom. The summed E-state index contributed by atoms with van der Waals surface area (Å²) in [6.07, 6.45) is 0.889. The number of benzene rings is 4. The smallest absolute Gasteiger partial charge is 0.168 e. The summed E-state index contributed by atoms with van der Waals surface area (Å²) < 4.78 is 54.8. The molecule has 1 N–H and O–H groups in total. The van der Waals surface area contributed by atoms with Crippen LogP contribution in [0.25, 0.3) is 22.3 Å². The Labute approximate surface area is 208 Å². The molecular formula is C30H25F3O3. The summed E-state index contributed by atoms with van der Waals surface area (Å²) in [6.45, 7) is 5.54. The minimum absolute atomic E-state index is 0.114. The zero-order chi connectivity index (χ0) is 25.7. The van der Waals surface area contributed by atoms with E-state index in [0.717, 1.165) is 5.56 Å². The van der Waals surface area contributed by atoms with E-state index in [2.05, 4.69) is 6.58 Å². The second-order valence-corrected chi connectivity index (χ2v) is 8.26. The van der Waals surface area contributed by atoms with E-state index in [-0.39, 0.29) is 30.1 Å². The van der Waals surface area contributed by atoms with Crippen molar-refractivity contribution >= 4 is 0 Å². The van der Waals surface area contributed by atoms with Gasteiger partial charge in [0.1, 0.15) is 19.0 Å². The van der Waals surface area contributed by atoms with Crippen molar-refractivity contribution in [1.29, 1.82) is 0 Å². The van der Waals surface area contributed by atoms with E-state index in [1.165, 1.54) is 18.2 Å². The molecule has 36 heavy (non-hydrogen) atoms. The van der Waals surface area contributed by atoms with Gasteiger partial charge in [0.15, 0.2) is 23.2 Å². The van der Waals surface area contributed by atoms with E-state index in [4.69, 9.17) is 9.47 Å². The topological polar surface area (TPSA) is 38.7 Å². The average Bonchev–Trinajstić information content (AvgIpc) is 2.89. The average molecular weight is 491 g/mol. The van der Waals surface area contributed by atoms with Crippen LogP contribution in [0, 0.1) is 17.5 Å². The highest BCUT2D eigenvalue weighted by Crippen LogP contribution is 2.32. The number of aliphatic hydroxyl groups excluding tert-OH is 1. The summed E-state index contributed by atoms with van der Waals surface area (Å²) in [4.78, 5) is 0. The number of hydrogen-bond donors (Lipinski definition) is 1. The third kappa shape index (κ3) is 5.61. The van der Waals surface area contributed by atoms with Crippen molar-refractivity contribution in [3.63, 3.8) is 0 Å². The van der Waals surface area contributed by atoms with Crippen LogP contribution in [0.5, 0.6) is 11.5 Å². The van der Waals surface area contributed by atoms with E-state index >= 15 is 0 Å². The zero-order valence-electron chi connectivity index (χ0n) is 19.7. The fourth-order valence-corrected chi connectivity index (χ4v) is 3.72. The fourth-order valence-electron chi connectivity index (χ4n) is 3.72. The van der Waals surface area contributed by atoms with Crippen LogP contribution in [-0.2, 0) is 6.61 Å². The maximum Gasteiger partial charge on any atom is 0.168 e. The maximum absolute atomic E-state index is 15.0. The molecule has 1 atom stereocenters. The molecule has 4 rings (SSSR count). The predicted octanol–water partition coefficient (Wildman–Crippen LogP) is 7.64. The molecule has 6 heteroatoms. The van der Waals surface area contributed by atoms with Gasteiger partial charge < -0.3 is 14.6 Å². The first-order chi connectivity index (χ1) is 17.4. The van der Waals surface area contributed by atoms with Gasteiger partial charge in [-0.05, 0) is 41.3 Å². The summed E-state index contributed by atoms with van der Waals surface area (Å²) in [5.74, 6) is -1.96. The van der Waals surface area contributed by atoms with Gasteiger partial charge in [-0.3, -0.25) is 0 Å². The van der Waals surface area contributed by atoms with E-state index in [1.54, 1.807) is 73.7 Å². The van der Waals surface area contributed by atoms with Crippen LogP contribution < -0.4 is 9.47 Å². The lowest BCUT2D eigenvalue weighted by Crippen LogP contribution is -1.99. The molecule has 1 unspecified atom stereocenters. The van der Waals surface area contributed by atoms with Gasteiger partial charge in [-0.25, -0.2) is 13.2 Å². The Morgan fingerprint density at radius 1 is 0.806 bits per heavy atom. The van der Waals surface area contributed by atoms with Crippen LogP contribution in [-0.4, -0.2) is 11.7 Å². The fraction of sp³-hybridized carbons (Fsp3) is 0.133. The first-order valence-electron chi connectivity index (χ1n) is 11.4. The summed E-state index contributed by atoms with van der Waals surface area (Å²) >= 11 is 0. The summed E-state index contributed by atoms with van der Waals surface area (Å²) in [6, 6.07) is 20.9. The Bertz CT molecular complexity index is 1350. The lowest BCUT2D eigenvalue weighted by atomic mass is 9.97.